The Morgan fingerprint density at radius 1 is 1.25 bits per heavy atom. The number of ether oxygens (including phenoxy) is 1. The van der Waals surface area contributed by atoms with Crippen molar-refractivity contribution in [1.82, 2.24) is 9.97 Å². The fourth-order valence-corrected chi connectivity index (χ4v) is 1.64. The second-order valence-corrected chi connectivity index (χ2v) is 3.94. The molecule has 2 aromatic rings. The summed E-state index contributed by atoms with van der Waals surface area (Å²) in [7, 11) is 0. The number of nitrogens with one attached hydrogen (secondary N) is 1. The second kappa shape index (κ2) is 5.87. The van der Waals surface area contributed by atoms with E-state index in [1.807, 2.05) is 0 Å². The van der Waals surface area contributed by atoms with Gasteiger partial charge in [-0.05, 0) is 19.1 Å². The molecule has 0 atom stereocenters. The zero-order valence-electron chi connectivity index (χ0n) is 10.5. The van der Waals surface area contributed by atoms with Gasteiger partial charge in [0, 0.05) is 18.2 Å². The molecule has 0 amide bonds. The van der Waals surface area contributed by atoms with Gasteiger partial charge < -0.3 is 9.72 Å². The maximum Gasteiger partial charge on any atom is 0.251 e. The lowest BCUT2D eigenvalue weighted by molar-refractivity contribution is 0.128. The summed E-state index contributed by atoms with van der Waals surface area (Å²) in [6, 6.07) is 2.81. The first-order valence-electron chi connectivity index (χ1n) is 5.84. The highest BCUT2D eigenvalue weighted by Gasteiger charge is 2.16. The van der Waals surface area contributed by atoms with E-state index in [4.69, 9.17) is 4.74 Å². The molecule has 0 saturated heterocycles. The molecule has 4 nitrogen and oxygen atoms in total. The maximum atomic E-state index is 13.7. The van der Waals surface area contributed by atoms with Crippen LogP contribution in [0.3, 0.4) is 0 Å². The highest BCUT2D eigenvalue weighted by atomic mass is 19.2. The number of benzene rings is 1. The molecule has 0 saturated carbocycles. The Balaban J connectivity index is 2.50. The summed E-state index contributed by atoms with van der Waals surface area (Å²) < 4.78 is 44.8. The Bertz CT molecular complexity index is 686. The molecule has 0 fully saturated rings. The van der Waals surface area contributed by atoms with Gasteiger partial charge in [0.1, 0.15) is 12.4 Å². The minimum absolute atomic E-state index is 0.0326. The molecule has 0 bridgehead atoms. The average Bonchev–Trinajstić information content (AvgIpc) is 2.42. The van der Waals surface area contributed by atoms with Crippen LogP contribution in [0.25, 0.3) is 11.3 Å². The van der Waals surface area contributed by atoms with Gasteiger partial charge in [-0.15, -0.1) is 0 Å². The highest BCUT2D eigenvalue weighted by molar-refractivity contribution is 5.59. The van der Waals surface area contributed by atoms with Gasteiger partial charge in [0.2, 0.25) is 0 Å². The maximum absolute atomic E-state index is 13.7. The van der Waals surface area contributed by atoms with Crippen molar-refractivity contribution in [2.45, 2.75) is 13.5 Å². The van der Waals surface area contributed by atoms with Gasteiger partial charge in [-0.25, -0.2) is 18.2 Å². The molecule has 1 aromatic heterocycles. The minimum Gasteiger partial charge on any atom is -0.374 e. The fraction of sp³-hybridized carbons (Fsp3) is 0.231. The summed E-state index contributed by atoms with van der Waals surface area (Å²) in [5.41, 5.74) is -0.901. The predicted octanol–water partition coefficient (Wildman–Crippen LogP) is 2.39. The van der Waals surface area contributed by atoms with Crippen molar-refractivity contribution < 1.29 is 17.9 Å². The molecule has 0 aliphatic rings. The Morgan fingerprint density at radius 3 is 2.70 bits per heavy atom. The number of hydrogen-bond acceptors (Lipinski definition) is 3. The molecule has 0 aliphatic carbocycles. The molecule has 0 spiro atoms. The first kappa shape index (κ1) is 14.3. The normalized spacial score (nSPS) is 10.8. The fourth-order valence-electron chi connectivity index (χ4n) is 1.64. The summed E-state index contributed by atoms with van der Waals surface area (Å²) in [6.07, 6.45) is 0. The lowest BCUT2D eigenvalue weighted by atomic mass is 10.1. The Labute approximate surface area is 112 Å². The molecule has 20 heavy (non-hydrogen) atoms. The van der Waals surface area contributed by atoms with Crippen LogP contribution in [0.5, 0.6) is 0 Å². The van der Waals surface area contributed by atoms with Crippen LogP contribution in [0.4, 0.5) is 13.2 Å². The topological polar surface area (TPSA) is 55.0 Å². The molecule has 1 aromatic carbocycles. The van der Waals surface area contributed by atoms with Crippen LogP contribution in [-0.4, -0.2) is 16.6 Å². The molecular formula is C13H11F3N2O2. The van der Waals surface area contributed by atoms with Gasteiger partial charge in [0.25, 0.3) is 5.56 Å². The first-order chi connectivity index (χ1) is 9.52. The third kappa shape index (κ3) is 2.88. The Morgan fingerprint density at radius 2 is 2.00 bits per heavy atom. The zero-order chi connectivity index (χ0) is 14.7. The second-order valence-electron chi connectivity index (χ2n) is 3.94. The van der Waals surface area contributed by atoms with E-state index in [1.54, 1.807) is 6.92 Å². The number of hydrogen-bond donors (Lipinski definition) is 1. The van der Waals surface area contributed by atoms with Crippen LogP contribution in [0.2, 0.25) is 0 Å². The van der Waals surface area contributed by atoms with Crippen molar-refractivity contribution in [3.05, 3.63) is 51.8 Å². The van der Waals surface area contributed by atoms with Crippen molar-refractivity contribution in [1.29, 1.82) is 0 Å². The molecular weight excluding hydrogens is 273 g/mol. The van der Waals surface area contributed by atoms with E-state index in [0.717, 1.165) is 18.2 Å². The van der Waals surface area contributed by atoms with Crippen molar-refractivity contribution in [3.63, 3.8) is 0 Å². The van der Waals surface area contributed by atoms with E-state index in [2.05, 4.69) is 9.97 Å². The first-order valence-corrected chi connectivity index (χ1v) is 5.84. The minimum atomic E-state index is -1.60. The van der Waals surface area contributed by atoms with Crippen LogP contribution >= 0.6 is 0 Å². The van der Waals surface area contributed by atoms with Crippen molar-refractivity contribution in [3.8, 4) is 11.3 Å². The van der Waals surface area contributed by atoms with Crippen LogP contribution in [0.15, 0.2) is 23.0 Å². The average molecular weight is 284 g/mol. The summed E-state index contributed by atoms with van der Waals surface area (Å²) in [6.45, 7) is 2.20. The number of aromatic nitrogens is 2. The third-order valence-corrected chi connectivity index (χ3v) is 2.54. The number of rotatable bonds is 4. The number of H-pyrrole nitrogens is 1. The number of aromatic amines is 1. The highest BCUT2D eigenvalue weighted by Crippen LogP contribution is 2.23. The van der Waals surface area contributed by atoms with Crippen LogP contribution in [0, 0.1) is 17.5 Å². The van der Waals surface area contributed by atoms with Gasteiger partial charge in [-0.3, -0.25) is 4.79 Å². The quantitative estimate of drug-likeness (QED) is 0.877. The van der Waals surface area contributed by atoms with Crippen molar-refractivity contribution in [2.75, 3.05) is 6.61 Å². The third-order valence-electron chi connectivity index (χ3n) is 2.54. The summed E-state index contributed by atoms with van der Waals surface area (Å²) in [4.78, 5) is 17.8. The van der Waals surface area contributed by atoms with Crippen molar-refractivity contribution in [2.24, 2.45) is 0 Å². The molecule has 2 rings (SSSR count). The molecule has 0 aliphatic heterocycles. The lowest BCUT2D eigenvalue weighted by Gasteiger charge is -2.06. The Hall–Kier alpha value is -2.15. The summed E-state index contributed by atoms with van der Waals surface area (Å²) in [5.74, 6) is -4.11. The summed E-state index contributed by atoms with van der Waals surface area (Å²) in [5, 5.41) is 0. The lowest BCUT2D eigenvalue weighted by Crippen LogP contribution is -2.12. The van der Waals surface area contributed by atoms with E-state index < -0.39 is 23.0 Å². The van der Waals surface area contributed by atoms with E-state index in [1.165, 1.54) is 0 Å². The van der Waals surface area contributed by atoms with Gasteiger partial charge in [-0.2, -0.15) is 0 Å². The van der Waals surface area contributed by atoms with Crippen molar-refractivity contribution >= 4 is 0 Å². The SMILES string of the molecule is CCOCc1nc(-c2ccc(F)c(F)c2F)cc(=O)[nH]1. The molecule has 1 N–H and O–H groups in total. The number of nitrogens with zero attached hydrogens (tertiary/aromatic N) is 1. The van der Waals surface area contributed by atoms with E-state index >= 15 is 0 Å². The monoisotopic (exact) mass is 284 g/mol. The summed E-state index contributed by atoms with van der Waals surface area (Å²) >= 11 is 0. The number of halogens is 3. The van der Waals surface area contributed by atoms with Gasteiger partial charge >= 0.3 is 0 Å². The predicted molar refractivity (Wildman–Crippen MR) is 65.5 cm³/mol. The largest absolute Gasteiger partial charge is 0.374 e. The van der Waals surface area contributed by atoms with Crippen LogP contribution < -0.4 is 5.56 Å². The smallest absolute Gasteiger partial charge is 0.251 e. The van der Waals surface area contributed by atoms with Gasteiger partial charge in [0.05, 0.1) is 5.69 Å². The molecule has 106 valence electrons. The van der Waals surface area contributed by atoms with Crippen LogP contribution in [0.1, 0.15) is 12.7 Å². The van der Waals surface area contributed by atoms with Crippen LogP contribution in [-0.2, 0) is 11.3 Å². The molecule has 0 unspecified atom stereocenters. The van der Waals surface area contributed by atoms with E-state index in [0.29, 0.717) is 6.61 Å². The van der Waals surface area contributed by atoms with Gasteiger partial charge in [0.15, 0.2) is 17.5 Å². The van der Waals surface area contributed by atoms with Gasteiger partial charge in [-0.1, -0.05) is 0 Å². The Kier molecular flexibility index (Phi) is 4.19. The molecule has 7 heteroatoms. The zero-order valence-corrected chi connectivity index (χ0v) is 10.5. The van der Waals surface area contributed by atoms with E-state index in [-0.39, 0.29) is 23.7 Å². The molecule has 0 radical (unpaired) electrons. The van der Waals surface area contributed by atoms with E-state index in [9.17, 15) is 18.0 Å². The standard InChI is InChI=1S/C13H11F3N2O2/c1-2-20-6-10-17-9(5-11(19)18-10)7-3-4-8(14)13(16)12(7)15/h3-5H,2,6H2,1H3,(H,17,18,19). The molecule has 1 heterocycles.